The zero-order valence-corrected chi connectivity index (χ0v) is 15.5. The Labute approximate surface area is 139 Å². The average molecular weight is 330 g/mol. The topological polar surface area (TPSA) is 56.9 Å². The molecular formula is C18H27N3OSi. The van der Waals surface area contributed by atoms with Crippen LogP contribution in [0.3, 0.4) is 0 Å². The minimum atomic E-state index is -1.12. The molecule has 1 saturated heterocycles. The van der Waals surface area contributed by atoms with Crippen molar-refractivity contribution < 1.29 is 4.79 Å². The summed E-state index contributed by atoms with van der Waals surface area (Å²) in [6.45, 7) is 8.98. The van der Waals surface area contributed by atoms with Crippen molar-refractivity contribution in [2.75, 3.05) is 6.17 Å². The molecule has 2 heterocycles. The predicted octanol–water partition coefficient (Wildman–Crippen LogP) is 3.47. The molecule has 0 spiro atoms. The molecule has 1 aromatic heterocycles. The normalized spacial score (nSPS) is 21.1. The van der Waals surface area contributed by atoms with Crippen LogP contribution in [0.4, 0.5) is 0 Å². The maximum absolute atomic E-state index is 12.6. The number of benzene rings is 1. The summed E-state index contributed by atoms with van der Waals surface area (Å²) in [6.07, 6.45) is 3.37. The molecule has 124 valence electrons. The Morgan fingerprint density at radius 2 is 2.04 bits per heavy atom. The molecule has 0 saturated carbocycles. The van der Waals surface area contributed by atoms with Crippen molar-refractivity contribution in [3.63, 3.8) is 0 Å². The standard InChI is InChI=1S/C18H27N3OSi/c1-12-8-13(2)14-10-16(20-15(14)9-12)18(22)21-17-6-5-7-23(3,4)11-19-17/h8-10,17,19-20H,5-7,11H2,1-4H3,(H,21,22). The van der Waals surface area contributed by atoms with Crippen LogP contribution in [0.25, 0.3) is 10.9 Å². The third kappa shape index (κ3) is 3.67. The summed E-state index contributed by atoms with van der Waals surface area (Å²) in [7, 11) is -1.12. The van der Waals surface area contributed by atoms with Gasteiger partial charge in [-0.1, -0.05) is 31.6 Å². The van der Waals surface area contributed by atoms with Crippen LogP contribution in [0.1, 0.15) is 34.5 Å². The van der Waals surface area contributed by atoms with Gasteiger partial charge in [0.25, 0.3) is 5.91 Å². The van der Waals surface area contributed by atoms with Gasteiger partial charge in [0.05, 0.1) is 14.2 Å². The summed E-state index contributed by atoms with van der Waals surface area (Å²) in [5, 5.41) is 7.82. The van der Waals surface area contributed by atoms with Gasteiger partial charge in [0.15, 0.2) is 0 Å². The van der Waals surface area contributed by atoms with Gasteiger partial charge in [-0.25, -0.2) is 0 Å². The Morgan fingerprint density at radius 3 is 2.83 bits per heavy atom. The lowest BCUT2D eigenvalue weighted by molar-refractivity contribution is 0.0924. The number of rotatable bonds is 2. The van der Waals surface area contributed by atoms with E-state index in [1.54, 1.807) is 0 Å². The van der Waals surface area contributed by atoms with Crippen LogP contribution in [0.15, 0.2) is 18.2 Å². The molecule has 0 bridgehead atoms. The molecule has 0 aliphatic carbocycles. The highest BCUT2D eigenvalue weighted by atomic mass is 28.3. The van der Waals surface area contributed by atoms with E-state index in [4.69, 9.17) is 0 Å². The van der Waals surface area contributed by atoms with Crippen LogP contribution >= 0.6 is 0 Å². The van der Waals surface area contributed by atoms with Crippen molar-refractivity contribution >= 4 is 24.9 Å². The Balaban J connectivity index is 1.74. The first-order chi connectivity index (χ1) is 10.8. The van der Waals surface area contributed by atoms with Gasteiger partial charge in [-0.2, -0.15) is 0 Å². The fourth-order valence-electron chi connectivity index (χ4n) is 3.46. The molecule has 1 aromatic carbocycles. The lowest BCUT2D eigenvalue weighted by Crippen LogP contribution is -2.49. The minimum absolute atomic E-state index is 0.0166. The molecule has 1 atom stereocenters. The monoisotopic (exact) mass is 329 g/mol. The maximum atomic E-state index is 12.6. The number of nitrogens with one attached hydrogen (secondary N) is 3. The van der Waals surface area contributed by atoms with E-state index in [2.05, 4.69) is 54.7 Å². The number of carbonyl (C=O) groups excluding carboxylic acids is 1. The van der Waals surface area contributed by atoms with Crippen LogP contribution in [0, 0.1) is 13.8 Å². The fourth-order valence-corrected chi connectivity index (χ4v) is 5.59. The molecule has 23 heavy (non-hydrogen) atoms. The largest absolute Gasteiger partial charge is 0.351 e. The van der Waals surface area contributed by atoms with Gasteiger partial charge in [-0.3, -0.25) is 4.79 Å². The van der Waals surface area contributed by atoms with Crippen LogP contribution in [-0.2, 0) is 0 Å². The Morgan fingerprint density at radius 1 is 1.26 bits per heavy atom. The number of aryl methyl sites for hydroxylation is 2. The number of aromatic amines is 1. The first kappa shape index (κ1) is 16.3. The van der Waals surface area contributed by atoms with E-state index < -0.39 is 8.07 Å². The molecule has 1 amide bonds. The van der Waals surface area contributed by atoms with Crippen molar-refractivity contribution in [1.82, 2.24) is 15.6 Å². The third-order valence-corrected chi connectivity index (χ3v) is 7.68. The van der Waals surface area contributed by atoms with Crippen molar-refractivity contribution in [1.29, 1.82) is 0 Å². The first-order valence-electron chi connectivity index (χ1n) is 8.48. The Hall–Kier alpha value is -1.59. The second-order valence-electron chi connectivity index (χ2n) is 7.69. The van der Waals surface area contributed by atoms with E-state index in [0.717, 1.165) is 23.5 Å². The summed E-state index contributed by atoms with van der Waals surface area (Å²) in [6, 6.07) is 7.54. The van der Waals surface area contributed by atoms with E-state index in [-0.39, 0.29) is 12.1 Å². The molecule has 1 fully saturated rings. The van der Waals surface area contributed by atoms with E-state index >= 15 is 0 Å². The van der Waals surface area contributed by atoms with Crippen LogP contribution in [0.2, 0.25) is 19.1 Å². The maximum Gasteiger partial charge on any atom is 0.268 e. The Kier molecular flexibility index (Phi) is 4.34. The predicted molar refractivity (Wildman–Crippen MR) is 98.6 cm³/mol. The van der Waals surface area contributed by atoms with Gasteiger partial charge in [0.2, 0.25) is 0 Å². The number of hydrogen-bond acceptors (Lipinski definition) is 2. The average Bonchev–Trinajstić information content (AvgIpc) is 2.81. The Bertz CT molecular complexity index is 735. The lowest BCUT2D eigenvalue weighted by Gasteiger charge is -2.21. The fraction of sp³-hybridized carbons (Fsp3) is 0.500. The molecule has 1 aliphatic heterocycles. The van der Waals surface area contributed by atoms with Gasteiger partial charge in [0.1, 0.15) is 5.69 Å². The highest BCUT2D eigenvalue weighted by Crippen LogP contribution is 2.22. The summed E-state index contributed by atoms with van der Waals surface area (Å²) in [5.74, 6) is -0.0166. The van der Waals surface area contributed by atoms with Crippen molar-refractivity contribution in [3.8, 4) is 0 Å². The summed E-state index contributed by atoms with van der Waals surface area (Å²) < 4.78 is 0. The van der Waals surface area contributed by atoms with E-state index in [0.29, 0.717) is 5.69 Å². The van der Waals surface area contributed by atoms with Crippen LogP contribution in [-0.4, -0.2) is 31.3 Å². The molecule has 4 nitrogen and oxygen atoms in total. The van der Waals surface area contributed by atoms with Gasteiger partial charge in [-0.15, -0.1) is 0 Å². The smallest absolute Gasteiger partial charge is 0.268 e. The SMILES string of the molecule is Cc1cc(C)c2cc(C(=O)NC3CCC[Si](C)(C)CN3)[nH]c2c1. The summed E-state index contributed by atoms with van der Waals surface area (Å²) in [5.41, 5.74) is 4.10. The molecule has 1 aliphatic rings. The quantitative estimate of drug-likeness (QED) is 0.739. The van der Waals surface area contributed by atoms with E-state index in [9.17, 15) is 4.79 Å². The molecule has 3 rings (SSSR count). The highest BCUT2D eigenvalue weighted by Gasteiger charge is 2.26. The second-order valence-corrected chi connectivity index (χ2v) is 12.9. The molecule has 0 radical (unpaired) electrons. The lowest BCUT2D eigenvalue weighted by atomic mass is 10.1. The second kappa shape index (κ2) is 6.13. The van der Waals surface area contributed by atoms with Crippen molar-refractivity contribution in [2.45, 2.75) is 52.0 Å². The van der Waals surface area contributed by atoms with Crippen molar-refractivity contribution in [3.05, 3.63) is 35.0 Å². The van der Waals surface area contributed by atoms with E-state index in [1.165, 1.54) is 23.6 Å². The molecule has 2 aromatic rings. The minimum Gasteiger partial charge on any atom is -0.351 e. The summed E-state index contributed by atoms with van der Waals surface area (Å²) >= 11 is 0. The molecule has 5 heteroatoms. The molecular weight excluding hydrogens is 302 g/mol. The number of carbonyl (C=O) groups is 1. The van der Waals surface area contributed by atoms with Gasteiger partial charge in [-0.05, 0) is 49.7 Å². The molecule has 1 unspecified atom stereocenters. The number of H-pyrrole nitrogens is 1. The first-order valence-corrected chi connectivity index (χ1v) is 11.9. The molecule has 3 N–H and O–H groups in total. The van der Waals surface area contributed by atoms with Crippen LogP contribution < -0.4 is 10.6 Å². The van der Waals surface area contributed by atoms with Gasteiger partial charge in [0, 0.05) is 10.9 Å². The number of hydrogen-bond donors (Lipinski definition) is 3. The van der Waals surface area contributed by atoms with E-state index in [1.807, 2.05) is 6.07 Å². The zero-order chi connectivity index (χ0) is 16.6. The van der Waals surface area contributed by atoms with Gasteiger partial charge < -0.3 is 15.6 Å². The summed E-state index contributed by atoms with van der Waals surface area (Å²) in [4.78, 5) is 15.8. The number of fused-ring (bicyclic) bond motifs is 1. The van der Waals surface area contributed by atoms with Crippen molar-refractivity contribution in [2.24, 2.45) is 0 Å². The van der Waals surface area contributed by atoms with Gasteiger partial charge >= 0.3 is 0 Å². The number of aromatic nitrogens is 1. The van der Waals surface area contributed by atoms with Crippen LogP contribution in [0.5, 0.6) is 0 Å². The third-order valence-electron chi connectivity index (χ3n) is 4.81. The highest BCUT2D eigenvalue weighted by molar-refractivity contribution is 6.77. The number of amides is 1. The zero-order valence-electron chi connectivity index (χ0n) is 14.5.